The molecule has 3 N–H and O–H groups in total. The van der Waals surface area contributed by atoms with Gasteiger partial charge in [-0.15, -0.1) is 0 Å². The van der Waals surface area contributed by atoms with Crippen molar-refractivity contribution in [3.8, 4) is 16.9 Å². The molecule has 158 valence electrons. The van der Waals surface area contributed by atoms with Crippen LogP contribution in [-0.2, 0) is 0 Å². The van der Waals surface area contributed by atoms with Crippen LogP contribution in [0.3, 0.4) is 0 Å². The molecule has 1 saturated heterocycles. The molecule has 7 heteroatoms. The van der Waals surface area contributed by atoms with Crippen LogP contribution in [0.5, 0.6) is 5.75 Å². The molecule has 0 amide bonds. The third-order valence-electron chi connectivity index (χ3n) is 4.14. The number of benzene rings is 1. The summed E-state index contributed by atoms with van der Waals surface area (Å²) in [5.41, 5.74) is 2.18. The van der Waals surface area contributed by atoms with Gasteiger partial charge in [-0.1, -0.05) is 6.07 Å². The van der Waals surface area contributed by atoms with E-state index in [0.717, 1.165) is 18.5 Å². The average molecular weight is 429 g/mol. The molecule has 0 bridgehead atoms. The Balaban J connectivity index is 1.92. The number of ether oxygens (including phenoxy) is 1. The Morgan fingerprint density at radius 2 is 2.27 bits per heavy atom. The fourth-order valence-electron chi connectivity index (χ4n) is 2.65. The molecule has 0 saturated carbocycles. The summed E-state index contributed by atoms with van der Waals surface area (Å²) in [6, 6.07) is -1.30. The maximum Gasteiger partial charge on any atom is 0.166 e. The zero-order valence-corrected chi connectivity index (χ0v) is 15.2. The monoisotopic (exact) mass is 428 g/mol. The van der Waals surface area contributed by atoms with Gasteiger partial charge in [0.1, 0.15) is 11.9 Å². The van der Waals surface area contributed by atoms with Crippen LogP contribution in [-0.4, -0.2) is 27.8 Å². The summed E-state index contributed by atoms with van der Waals surface area (Å²) < 4.78 is 175. The van der Waals surface area contributed by atoms with E-state index in [2.05, 4.69) is 10.1 Å². The van der Waals surface area contributed by atoms with E-state index in [4.69, 9.17) is 36.5 Å². The quantitative estimate of drug-likeness (QED) is 0.632. The van der Waals surface area contributed by atoms with Gasteiger partial charge in [-0.25, -0.2) is 9.37 Å². The third-order valence-corrected chi connectivity index (χ3v) is 4.14. The highest BCUT2D eigenvalue weighted by Gasteiger charge is 2.19. The molecule has 0 spiro atoms. The highest BCUT2D eigenvalue weighted by atomic mass is 19.1. The summed E-state index contributed by atoms with van der Waals surface area (Å²) in [5, 5.41) is 5.40. The van der Waals surface area contributed by atoms with Gasteiger partial charge in [-0.2, -0.15) is 5.10 Å². The SMILES string of the molecule is [2H]c1nc(N)c(O[C@@H](c2c(C([2H])([2H])[2H])ccc(F)c2C([2H])([2H])[2H])C([2H])([2H])[2H])cc1-c1cnn(C2([2H])C([2H])([2H])C([2H])([2H])NC([2H])([2H])C2([2H])[2H])c1. The molecule has 2 aromatic heterocycles. The van der Waals surface area contributed by atoms with E-state index < -0.39 is 98.7 Å². The number of hydrogen-bond donors (Lipinski definition) is 2. The smallest absolute Gasteiger partial charge is 0.166 e. The molecule has 6 nitrogen and oxygen atoms in total. The number of aryl methyl sites for hydroxylation is 1. The molecule has 3 heterocycles. The number of nitrogen functional groups attached to an aromatic ring is 1. The molecule has 0 aliphatic carbocycles. The fraction of sp³-hybridized carbons (Fsp3) is 0.391. The predicted octanol–water partition coefficient (Wildman–Crippen LogP) is 4.35. The Morgan fingerprint density at radius 3 is 3.03 bits per heavy atom. The Labute approximate surface area is 203 Å². The molecule has 0 radical (unpaired) electrons. The van der Waals surface area contributed by atoms with Gasteiger partial charge in [0.25, 0.3) is 0 Å². The molecule has 3 aromatic rings. The second-order valence-electron chi connectivity index (χ2n) is 6.06. The van der Waals surface area contributed by atoms with E-state index in [9.17, 15) is 0 Å². The van der Waals surface area contributed by atoms with E-state index in [0.29, 0.717) is 16.8 Å². The van der Waals surface area contributed by atoms with Crippen LogP contribution in [0.2, 0.25) is 0 Å². The number of nitrogens with two attached hydrogens (primary N) is 1. The Morgan fingerprint density at radius 1 is 1.40 bits per heavy atom. The van der Waals surface area contributed by atoms with Gasteiger partial charge in [0.15, 0.2) is 11.6 Å². The third kappa shape index (κ3) is 4.03. The van der Waals surface area contributed by atoms with E-state index in [1.807, 2.05) is 0 Å². The van der Waals surface area contributed by atoms with Gasteiger partial charge in [-0.3, -0.25) is 4.68 Å². The topological polar surface area (TPSA) is 78.0 Å². The first kappa shape index (κ1) is 7.64. The lowest BCUT2D eigenvalue weighted by Gasteiger charge is -2.22. The molecule has 4 rings (SSSR count). The lowest BCUT2D eigenvalue weighted by atomic mass is 9.98. The fourth-order valence-corrected chi connectivity index (χ4v) is 2.65. The van der Waals surface area contributed by atoms with Crippen molar-refractivity contribution < 1.29 is 35.2 Å². The van der Waals surface area contributed by atoms with Crippen LogP contribution in [0.1, 0.15) is 74.5 Å². The number of hydrogen-bond acceptors (Lipinski definition) is 5. The molecule has 1 atom stereocenters. The van der Waals surface area contributed by atoms with Crippen LogP contribution in [0.4, 0.5) is 10.2 Å². The van der Waals surface area contributed by atoms with Crippen molar-refractivity contribution in [2.24, 2.45) is 0 Å². The van der Waals surface area contributed by atoms with E-state index in [-0.39, 0.29) is 11.1 Å². The van der Waals surface area contributed by atoms with Crippen LogP contribution >= 0.6 is 0 Å². The van der Waals surface area contributed by atoms with E-state index >= 15 is 4.39 Å². The van der Waals surface area contributed by atoms with Crippen molar-refractivity contribution in [3.63, 3.8) is 0 Å². The van der Waals surface area contributed by atoms with Crippen LogP contribution < -0.4 is 15.8 Å². The molecule has 1 aliphatic heterocycles. The number of pyridine rings is 1. The summed E-state index contributed by atoms with van der Waals surface area (Å²) >= 11 is 0. The van der Waals surface area contributed by atoms with Gasteiger partial charge in [0.05, 0.1) is 15.0 Å². The number of anilines is 1. The van der Waals surface area contributed by atoms with Gasteiger partial charge in [0.2, 0.25) is 0 Å². The Kier molecular flexibility index (Phi) is 2.15. The first-order valence-corrected chi connectivity index (χ1v) is 8.45. The molecule has 30 heavy (non-hydrogen) atoms. The molecule has 1 aliphatic rings. The normalized spacial score (nSPS) is 34.2. The maximum atomic E-state index is 15.0. The van der Waals surface area contributed by atoms with E-state index in [1.54, 1.807) is 5.32 Å². The predicted molar refractivity (Wildman–Crippen MR) is 116 cm³/mol. The molecule has 0 unspecified atom stereocenters. The maximum absolute atomic E-state index is 15.0. The van der Waals surface area contributed by atoms with Gasteiger partial charge >= 0.3 is 0 Å². The number of nitrogens with one attached hydrogen (secondary N) is 1. The zero-order valence-electron chi connectivity index (χ0n) is 34.2. The number of halogens is 1. The lowest BCUT2D eigenvalue weighted by Crippen LogP contribution is -2.29. The highest BCUT2D eigenvalue weighted by Crippen LogP contribution is 2.33. The van der Waals surface area contributed by atoms with Gasteiger partial charge < -0.3 is 15.8 Å². The number of nitrogens with zero attached hydrogens (tertiary/aromatic N) is 3. The first-order valence-electron chi connectivity index (χ1n) is 17.9. The van der Waals surface area contributed by atoms with Crippen molar-refractivity contribution in [2.75, 3.05) is 18.7 Å². The summed E-state index contributed by atoms with van der Waals surface area (Å²) in [6.45, 7) is -16.5. The summed E-state index contributed by atoms with van der Waals surface area (Å²) in [5.74, 6) is -2.79. The molecule has 1 aromatic carbocycles. The van der Waals surface area contributed by atoms with Gasteiger partial charge in [-0.05, 0) is 69.6 Å². The number of aromatic nitrogens is 3. The van der Waals surface area contributed by atoms with Crippen LogP contribution in [0.25, 0.3) is 11.1 Å². The largest absolute Gasteiger partial charge is 0.482 e. The molecular weight excluding hydrogens is 381 g/mol. The van der Waals surface area contributed by atoms with Crippen molar-refractivity contribution in [1.82, 2.24) is 20.1 Å². The van der Waals surface area contributed by atoms with Crippen LogP contribution in [0, 0.1) is 19.5 Å². The Hall–Kier alpha value is -2.93. The molecular formula is C23H28FN5O. The second kappa shape index (κ2) is 8.44. The second-order valence-corrected chi connectivity index (χ2v) is 6.06. The first-order chi connectivity index (χ1) is 21.8. The van der Waals surface area contributed by atoms with Crippen molar-refractivity contribution in [2.45, 2.75) is 45.4 Å². The minimum atomic E-state index is -3.51. The summed E-state index contributed by atoms with van der Waals surface area (Å²) in [7, 11) is 0. The Bertz CT molecular complexity index is 1740. The average Bonchev–Trinajstić information content (AvgIpc) is 3.38. The number of piperidine rings is 1. The zero-order chi connectivity index (χ0) is 37.7. The minimum absolute atomic E-state index is 0.261. The molecule has 1 fully saturated rings. The van der Waals surface area contributed by atoms with E-state index in [1.165, 1.54) is 0 Å². The van der Waals surface area contributed by atoms with Crippen LogP contribution in [0.15, 0.2) is 36.8 Å². The lowest BCUT2D eigenvalue weighted by molar-refractivity contribution is 0.225. The highest BCUT2D eigenvalue weighted by molar-refractivity contribution is 5.66. The number of rotatable bonds is 5. The summed E-state index contributed by atoms with van der Waals surface area (Å²) in [4.78, 5) is 3.76. The van der Waals surface area contributed by atoms with Crippen molar-refractivity contribution in [3.05, 3.63) is 59.3 Å². The van der Waals surface area contributed by atoms with Crippen molar-refractivity contribution >= 4 is 5.82 Å². The standard InChI is InChI=1S/C23H28FN5O/c1-14-4-5-20(24)15(2)22(14)16(3)30-21-10-17(11-27-23(21)25)18-12-28-29(13-18)19-6-8-26-9-7-19/h4-5,10-13,16,19,26H,6-9H2,1-3H3,(H2,25,27)/t16-/m1/s1/i1D3,2D3,3D3,6D2,7D2,8D2,9D2,11D,19D. The van der Waals surface area contributed by atoms with Crippen molar-refractivity contribution in [1.29, 1.82) is 0 Å². The summed E-state index contributed by atoms with van der Waals surface area (Å²) in [6.07, 6.45) is -8.54. The van der Waals surface area contributed by atoms with Gasteiger partial charge in [0, 0.05) is 52.4 Å². The minimum Gasteiger partial charge on any atom is -0.482 e.